The van der Waals surface area contributed by atoms with E-state index >= 15 is 0 Å². The normalized spacial score (nSPS) is 11.0. The lowest BCUT2D eigenvalue weighted by atomic mass is 10.1. The van der Waals surface area contributed by atoms with E-state index in [0.717, 1.165) is 16.6 Å². The summed E-state index contributed by atoms with van der Waals surface area (Å²) in [5, 5.41) is 0.956. The quantitative estimate of drug-likeness (QED) is 0.796. The molecular weight excluding hydrogens is 300 g/mol. The Hall–Kier alpha value is -2.88. The van der Waals surface area contributed by atoms with Crippen LogP contribution in [-0.4, -0.2) is 10.9 Å². The average Bonchev–Trinajstić information content (AvgIpc) is 2.60. The van der Waals surface area contributed by atoms with Crippen molar-refractivity contribution in [2.75, 3.05) is 4.90 Å². The molecule has 1 amide bonds. The van der Waals surface area contributed by atoms with Gasteiger partial charge in [-0.2, -0.15) is 0 Å². The highest BCUT2D eigenvalue weighted by atomic mass is 16.2. The Balaban J connectivity index is 2.03. The van der Waals surface area contributed by atoms with Crippen molar-refractivity contribution in [3.05, 3.63) is 76.6 Å². The number of aromatic amines is 1. The molecule has 0 atom stereocenters. The average molecular weight is 320 g/mol. The fourth-order valence-corrected chi connectivity index (χ4v) is 2.70. The van der Waals surface area contributed by atoms with Gasteiger partial charge in [-0.1, -0.05) is 50.2 Å². The van der Waals surface area contributed by atoms with Gasteiger partial charge >= 0.3 is 0 Å². The lowest BCUT2D eigenvalue weighted by Gasteiger charge is -2.24. The van der Waals surface area contributed by atoms with Gasteiger partial charge in [0.25, 0.3) is 5.56 Å². The standard InChI is InChI=1S/C20H20N2O2/c1-14(2)20(24)22(17-9-4-3-5-10-17)13-16-12-15-8-6-7-11-18(15)21-19(16)23/h3-12,14H,13H2,1-2H3,(H,21,23). The minimum absolute atomic E-state index is 0.00578. The second kappa shape index (κ2) is 6.71. The van der Waals surface area contributed by atoms with Gasteiger partial charge in [-0.25, -0.2) is 0 Å². The predicted octanol–water partition coefficient (Wildman–Crippen LogP) is 3.72. The first-order valence-corrected chi connectivity index (χ1v) is 8.03. The number of amides is 1. The van der Waals surface area contributed by atoms with Crippen molar-refractivity contribution in [2.24, 2.45) is 5.92 Å². The summed E-state index contributed by atoms with van der Waals surface area (Å²) in [4.78, 5) is 29.6. The molecule has 4 heteroatoms. The van der Waals surface area contributed by atoms with E-state index in [9.17, 15) is 9.59 Å². The van der Waals surface area contributed by atoms with E-state index in [4.69, 9.17) is 0 Å². The second-order valence-electron chi connectivity index (χ2n) is 6.13. The third kappa shape index (κ3) is 3.23. The Kier molecular flexibility index (Phi) is 4.47. The van der Waals surface area contributed by atoms with Gasteiger partial charge in [0, 0.05) is 22.7 Å². The first-order chi connectivity index (χ1) is 11.6. The second-order valence-corrected chi connectivity index (χ2v) is 6.13. The molecule has 0 bridgehead atoms. The number of para-hydroxylation sites is 2. The van der Waals surface area contributed by atoms with Gasteiger partial charge in [0.2, 0.25) is 5.91 Å². The molecule has 24 heavy (non-hydrogen) atoms. The number of hydrogen-bond acceptors (Lipinski definition) is 2. The van der Waals surface area contributed by atoms with Crippen molar-refractivity contribution < 1.29 is 4.79 Å². The largest absolute Gasteiger partial charge is 0.322 e. The minimum Gasteiger partial charge on any atom is -0.322 e. The van der Waals surface area contributed by atoms with E-state index in [1.807, 2.05) is 74.5 Å². The van der Waals surface area contributed by atoms with Gasteiger partial charge in [-0.3, -0.25) is 9.59 Å². The molecule has 1 heterocycles. The molecule has 2 aromatic carbocycles. The number of hydrogen-bond donors (Lipinski definition) is 1. The van der Waals surface area contributed by atoms with E-state index in [0.29, 0.717) is 5.56 Å². The van der Waals surface area contributed by atoms with Crippen molar-refractivity contribution in [2.45, 2.75) is 20.4 Å². The Morgan fingerprint density at radius 2 is 1.71 bits per heavy atom. The summed E-state index contributed by atoms with van der Waals surface area (Å²) in [5.74, 6) is -0.154. The molecule has 0 aliphatic heterocycles. The lowest BCUT2D eigenvalue weighted by Crippen LogP contribution is -2.35. The van der Waals surface area contributed by atoms with Crippen LogP contribution in [0.1, 0.15) is 19.4 Å². The Bertz CT molecular complexity index is 914. The van der Waals surface area contributed by atoms with Crippen LogP contribution in [0.3, 0.4) is 0 Å². The zero-order valence-electron chi connectivity index (χ0n) is 13.8. The van der Waals surface area contributed by atoms with Crippen molar-refractivity contribution in [1.29, 1.82) is 0 Å². The van der Waals surface area contributed by atoms with Crippen LogP contribution in [0.15, 0.2) is 65.5 Å². The smallest absolute Gasteiger partial charge is 0.253 e. The molecule has 0 spiro atoms. The Morgan fingerprint density at radius 1 is 1.04 bits per heavy atom. The highest BCUT2D eigenvalue weighted by Crippen LogP contribution is 2.19. The Morgan fingerprint density at radius 3 is 2.42 bits per heavy atom. The van der Waals surface area contributed by atoms with Gasteiger partial charge in [0.05, 0.1) is 6.54 Å². The number of carbonyl (C=O) groups excluding carboxylic acids is 1. The van der Waals surface area contributed by atoms with Crippen LogP contribution < -0.4 is 10.5 Å². The minimum atomic E-state index is -0.161. The summed E-state index contributed by atoms with van der Waals surface area (Å²) < 4.78 is 0. The van der Waals surface area contributed by atoms with Crippen molar-refractivity contribution in [3.63, 3.8) is 0 Å². The zero-order valence-corrected chi connectivity index (χ0v) is 13.8. The fourth-order valence-electron chi connectivity index (χ4n) is 2.70. The fraction of sp³-hybridized carbons (Fsp3) is 0.200. The third-order valence-electron chi connectivity index (χ3n) is 3.99. The molecule has 1 N–H and O–H groups in total. The highest BCUT2D eigenvalue weighted by Gasteiger charge is 2.20. The molecule has 122 valence electrons. The molecule has 0 fully saturated rings. The number of benzene rings is 2. The molecule has 0 aliphatic carbocycles. The van der Waals surface area contributed by atoms with E-state index in [1.54, 1.807) is 4.90 Å². The van der Waals surface area contributed by atoms with E-state index in [-0.39, 0.29) is 23.9 Å². The summed E-state index contributed by atoms with van der Waals surface area (Å²) in [6.45, 7) is 3.98. The number of nitrogens with one attached hydrogen (secondary N) is 1. The number of nitrogens with zero attached hydrogens (tertiary/aromatic N) is 1. The summed E-state index contributed by atoms with van der Waals surface area (Å²) in [6, 6.07) is 18.9. The molecule has 1 aromatic heterocycles. The van der Waals surface area contributed by atoms with E-state index in [2.05, 4.69) is 4.98 Å². The summed E-state index contributed by atoms with van der Waals surface area (Å²) in [5.41, 5.74) is 2.01. The highest BCUT2D eigenvalue weighted by molar-refractivity contribution is 5.94. The van der Waals surface area contributed by atoms with Gasteiger partial charge in [-0.05, 0) is 29.7 Å². The first kappa shape index (κ1) is 16.0. The van der Waals surface area contributed by atoms with Gasteiger partial charge < -0.3 is 9.88 Å². The Labute approximate surface area is 140 Å². The van der Waals surface area contributed by atoms with Gasteiger partial charge in [0.15, 0.2) is 0 Å². The van der Waals surface area contributed by atoms with Crippen molar-refractivity contribution >= 4 is 22.5 Å². The number of rotatable bonds is 4. The van der Waals surface area contributed by atoms with Crippen LogP contribution in [0.5, 0.6) is 0 Å². The summed E-state index contributed by atoms with van der Waals surface area (Å²) in [7, 11) is 0. The van der Waals surface area contributed by atoms with Gasteiger partial charge in [-0.15, -0.1) is 0 Å². The van der Waals surface area contributed by atoms with E-state index in [1.165, 1.54) is 0 Å². The van der Waals surface area contributed by atoms with Crippen LogP contribution in [0, 0.1) is 5.92 Å². The molecule has 0 saturated heterocycles. The number of fused-ring (bicyclic) bond motifs is 1. The van der Waals surface area contributed by atoms with Crippen LogP contribution in [0.2, 0.25) is 0 Å². The summed E-state index contributed by atoms with van der Waals surface area (Å²) in [6.07, 6.45) is 0. The zero-order chi connectivity index (χ0) is 17.1. The third-order valence-corrected chi connectivity index (χ3v) is 3.99. The predicted molar refractivity (Wildman–Crippen MR) is 97.0 cm³/mol. The molecule has 0 saturated carbocycles. The number of anilines is 1. The number of aromatic nitrogens is 1. The van der Waals surface area contributed by atoms with Crippen LogP contribution in [0.25, 0.3) is 10.9 Å². The lowest BCUT2D eigenvalue weighted by molar-refractivity contribution is -0.121. The molecule has 0 unspecified atom stereocenters. The summed E-state index contributed by atoms with van der Waals surface area (Å²) >= 11 is 0. The topological polar surface area (TPSA) is 53.2 Å². The van der Waals surface area contributed by atoms with Crippen LogP contribution >= 0.6 is 0 Å². The number of carbonyl (C=O) groups is 1. The first-order valence-electron chi connectivity index (χ1n) is 8.03. The molecule has 3 aromatic rings. The maximum atomic E-state index is 12.6. The monoisotopic (exact) mass is 320 g/mol. The molecule has 3 rings (SSSR count). The van der Waals surface area contributed by atoms with Crippen molar-refractivity contribution in [3.8, 4) is 0 Å². The van der Waals surface area contributed by atoms with E-state index < -0.39 is 0 Å². The molecule has 0 aliphatic rings. The van der Waals surface area contributed by atoms with Crippen molar-refractivity contribution in [1.82, 2.24) is 4.98 Å². The number of pyridine rings is 1. The molecule has 0 radical (unpaired) electrons. The number of H-pyrrole nitrogens is 1. The van der Waals surface area contributed by atoms with Crippen LogP contribution in [-0.2, 0) is 11.3 Å². The SMILES string of the molecule is CC(C)C(=O)N(Cc1cc2ccccc2[nH]c1=O)c1ccccc1. The maximum Gasteiger partial charge on any atom is 0.253 e. The molecular formula is C20H20N2O2. The van der Waals surface area contributed by atoms with Crippen LogP contribution in [0.4, 0.5) is 5.69 Å². The molecule has 4 nitrogen and oxygen atoms in total. The van der Waals surface area contributed by atoms with Gasteiger partial charge in [0.1, 0.15) is 0 Å². The maximum absolute atomic E-state index is 12.6.